The van der Waals surface area contributed by atoms with Crippen molar-refractivity contribution in [3.63, 3.8) is 0 Å². The molecule has 4 aromatic rings. The standard InChI is InChI=1S/C24H22BrN5O5S/c1-34-18-11-16(12-19(13-18)35-2)27-23-24(29-21-9-4-3-8-20(21)28-23)30(36(32)33)17-7-5-6-15(10-17)26-22(31)14-25/h3-13H,14H2,1-2H3,(H,26,31)(H,27,28)(H,32,33)/p-1. The molecule has 0 aliphatic heterocycles. The molecule has 0 saturated carbocycles. The van der Waals surface area contributed by atoms with Crippen molar-refractivity contribution in [3.8, 4) is 11.5 Å². The summed E-state index contributed by atoms with van der Waals surface area (Å²) in [5.74, 6) is 1.01. The second-order valence-electron chi connectivity index (χ2n) is 7.35. The summed E-state index contributed by atoms with van der Waals surface area (Å²) >= 11 is 0.317. The van der Waals surface area contributed by atoms with Gasteiger partial charge in [0, 0.05) is 29.6 Å². The average Bonchev–Trinajstić information content (AvgIpc) is 2.88. The summed E-state index contributed by atoms with van der Waals surface area (Å²) in [4.78, 5) is 21.1. The lowest BCUT2D eigenvalue weighted by Gasteiger charge is -2.27. The maximum absolute atomic E-state index is 12.5. The molecule has 0 bridgehead atoms. The van der Waals surface area contributed by atoms with Gasteiger partial charge in [0.1, 0.15) is 11.5 Å². The summed E-state index contributed by atoms with van der Waals surface area (Å²) in [5, 5.41) is 5.94. The Balaban J connectivity index is 1.86. The van der Waals surface area contributed by atoms with Gasteiger partial charge in [0.2, 0.25) is 5.91 Å². The SMILES string of the molecule is COc1cc(Nc2nc3ccccc3nc2N(c2cccc(NC(=O)CBr)c2)S(=O)[O-])cc(OC)c1. The highest BCUT2D eigenvalue weighted by Crippen LogP contribution is 2.36. The van der Waals surface area contributed by atoms with E-state index in [2.05, 4.69) is 36.5 Å². The quantitative estimate of drug-likeness (QED) is 0.219. The molecule has 0 aliphatic carbocycles. The number of nitrogens with one attached hydrogen (secondary N) is 2. The number of fused-ring (bicyclic) bond motifs is 1. The van der Waals surface area contributed by atoms with E-state index in [1.54, 1.807) is 54.6 Å². The van der Waals surface area contributed by atoms with Crippen LogP contribution in [0.4, 0.5) is 28.7 Å². The summed E-state index contributed by atoms with van der Waals surface area (Å²) in [6.45, 7) is 0. The van der Waals surface area contributed by atoms with E-state index < -0.39 is 11.3 Å². The smallest absolute Gasteiger partial charge is 0.235 e. The number of ether oxygens (including phenoxy) is 2. The fraction of sp³-hybridized carbons (Fsp3) is 0.125. The van der Waals surface area contributed by atoms with Crippen molar-refractivity contribution in [2.75, 3.05) is 34.5 Å². The zero-order valence-corrected chi connectivity index (χ0v) is 21.6. The number of hydrogen-bond acceptors (Lipinski definition) is 8. The molecule has 36 heavy (non-hydrogen) atoms. The lowest BCUT2D eigenvalue weighted by molar-refractivity contribution is -0.113. The van der Waals surface area contributed by atoms with Gasteiger partial charge in [-0.25, -0.2) is 9.97 Å². The Hall–Kier alpha value is -3.74. The molecule has 0 radical (unpaired) electrons. The number of carbonyl (C=O) groups excluding carboxylic acids is 1. The molecule has 4 rings (SSSR count). The van der Waals surface area contributed by atoms with Crippen molar-refractivity contribution in [2.45, 2.75) is 0 Å². The van der Waals surface area contributed by atoms with Gasteiger partial charge in [-0.15, -0.1) is 0 Å². The molecule has 186 valence electrons. The molecular weight excluding hydrogens is 550 g/mol. The number of hydrogen-bond donors (Lipinski definition) is 2. The number of nitrogens with zero attached hydrogens (tertiary/aromatic N) is 3. The first-order valence-electron chi connectivity index (χ1n) is 10.5. The number of anilines is 5. The molecule has 1 unspecified atom stereocenters. The van der Waals surface area contributed by atoms with Gasteiger partial charge in [0.15, 0.2) is 11.6 Å². The minimum absolute atomic E-state index is 0.0350. The van der Waals surface area contributed by atoms with Crippen LogP contribution in [0.25, 0.3) is 11.0 Å². The molecule has 12 heteroatoms. The Morgan fingerprint density at radius 2 is 1.64 bits per heavy atom. The van der Waals surface area contributed by atoms with Crippen LogP contribution >= 0.6 is 15.9 Å². The van der Waals surface area contributed by atoms with Crippen LogP contribution in [-0.2, 0) is 16.1 Å². The van der Waals surface area contributed by atoms with Crippen molar-refractivity contribution in [2.24, 2.45) is 0 Å². The van der Waals surface area contributed by atoms with E-state index in [0.717, 1.165) is 4.31 Å². The average molecular weight is 571 g/mol. The maximum atomic E-state index is 12.5. The number of methoxy groups -OCH3 is 2. The molecule has 1 amide bonds. The fourth-order valence-electron chi connectivity index (χ4n) is 3.42. The molecule has 3 aromatic carbocycles. The van der Waals surface area contributed by atoms with Gasteiger partial charge in [0.25, 0.3) is 0 Å². The number of benzene rings is 3. The van der Waals surface area contributed by atoms with Crippen LogP contribution in [-0.4, -0.2) is 44.2 Å². The number of carbonyl (C=O) groups is 1. The highest BCUT2D eigenvalue weighted by atomic mass is 79.9. The van der Waals surface area contributed by atoms with Crippen molar-refractivity contribution in [1.29, 1.82) is 0 Å². The van der Waals surface area contributed by atoms with Crippen molar-refractivity contribution in [1.82, 2.24) is 9.97 Å². The number of halogens is 1. The molecule has 0 aliphatic rings. The summed E-state index contributed by atoms with van der Waals surface area (Å²) in [6, 6.07) is 18.7. The number of alkyl halides is 1. The zero-order chi connectivity index (χ0) is 25.7. The van der Waals surface area contributed by atoms with Crippen molar-refractivity contribution >= 4 is 72.8 Å². The molecule has 0 saturated heterocycles. The lowest BCUT2D eigenvalue weighted by Crippen LogP contribution is -2.23. The monoisotopic (exact) mass is 570 g/mol. The Kier molecular flexibility index (Phi) is 7.98. The highest BCUT2D eigenvalue weighted by Gasteiger charge is 2.20. The first-order valence-corrected chi connectivity index (χ1v) is 12.7. The van der Waals surface area contributed by atoms with Crippen LogP contribution < -0.4 is 24.4 Å². The third kappa shape index (κ3) is 5.73. The third-order valence-electron chi connectivity index (χ3n) is 4.99. The van der Waals surface area contributed by atoms with Gasteiger partial charge < -0.3 is 24.7 Å². The van der Waals surface area contributed by atoms with Gasteiger partial charge in [-0.1, -0.05) is 34.1 Å². The van der Waals surface area contributed by atoms with E-state index in [9.17, 15) is 13.6 Å². The summed E-state index contributed by atoms with van der Waals surface area (Å²) in [6.07, 6.45) is 0. The van der Waals surface area contributed by atoms with E-state index in [-0.39, 0.29) is 28.6 Å². The first kappa shape index (κ1) is 25.4. The van der Waals surface area contributed by atoms with E-state index in [4.69, 9.17) is 9.47 Å². The fourth-order valence-corrected chi connectivity index (χ4v) is 4.11. The largest absolute Gasteiger partial charge is 0.755 e. The third-order valence-corrected chi connectivity index (χ3v) is 6.18. The van der Waals surface area contributed by atoms with E-state index >= 15 is 0 Å². The summed E-state index contributed by atoms with van der Waals surface area (Å²) < 4.78 is 36.7. The number of para-hydroxylation sites is 2. The zero-order valence-electron chi connectivity index (χ0n) is 19.2. The van der Waals surface area contributed by atoms with Crippen LogP contribution in [0.2, 0.25) is 0 Å². The normalized spacial score (nSPS) is 11.6. The van der Waals surface area contributed by atoms with Crippen molar-refractivity contribution < 1.29 is 23.0 Å². The molecular formula is C24H21BrN5O5S-. The molecule has 0 spiro atoms. The van der Waals surface area contributed by atoms with Crippen LogP contribution in [0.3, 0.4) is 0 Å². The predicted molar refractivity (Wildman–Crippen MR) is 142 cm³/mol. The van der Waals surface area contributed by atoms with Gasteiger partial charge in [-0.05, 0) is 30.3 Å². The summed E-state index contributed by atoms with van der Waals surface area (Å²) in [7, 11) is 3.06. The Bertz CT molecular complexity index is 1420. The molecule has 10 nitrogen and oxygen atoms in total. The topological polar surface area (TPSA) is 129 Å². The van der Waals surface area contributed by atoms with Crippen LogP contribution in [0, 0.1) is 0 Å². The Morgan fingerprint density at radius 1 is 0.972 bits per heavy atom. The van der Waals surface area contributed by atoms with Gasteiger partial charge >= 0.3 is 0 Å². The number of amides is 1. The van der Waals surface area contributed by atoms with Crippen LogP contribution in [0.5, 0.6) is 11.5 Å². The molecule has 0 fully saturated rings. The van der Waals surface area contributed by atoms with Gasteiger partial charge in [0.05, 0.1) is 47.5 Å². The Labute approximate surface area is 218 Å². The molecule has 1 heterocycles. The van der Waals surface area contributed by atoms with E-state index in [1.807, 2.05) is 6.07 Å². The molecule has 1 atom stereocenters. The minimum atomic E-state index is -2.78. The predicted octanol–water partition coefficient (Wildman–Crippen LogP) is 4.66. The van der Waals surface area contributed by atoms with E-state index in [0.29, 0.717) is 33.9 Å². The number of rotatable bonds is 9. The second-order valence-corrected chi connectivity index (χ2v) is 8.71. The Morgan fingerprint density at radius 3 is 2.25 bits per heavy atom. The highest BCUT2D eigenvalue weighted by molar-refractivity contribution is 9.09. The molecule has 2 N–H and O–H groups in total. The van der Waals surface area contributed by atoms with Gasteiger partial charge in [-0.2, -0.15) is 0 Å². The van der Waals surface area contributed by atoms with Crippen molar-refractivity contribution in [3.05, 3.63) is 66.7 Å². The lowest BCUT2D eigenvalue weighted by atomic mass is 10.2. The van der Waals surface area contributed by atoms with Crippen LogP contribution in [0.1, 0.15) is 0 Å². The summed E-state index contributed by atoms with van der Waals surface area (Å²) in [5.41, 5.74) is 2.29. The maximum Gasteiger partial charge on any atom is 0.235 e. The molecule has 1 aromatic heterocycles. The van der Waals surface area contributed by atoms with E-state index in [1.165, 1.54) is 20.3 Å². The van der Waals surface area contributed by atoms with Crippen LogP contribution in [0.15, 0.2) is 66.7 Å². The van der Waals surface area contributed by atoms with Gasteiger partial charge in [-0.3, -0.25) is 13.3 Å². The number of aromatic nitrogens is 2. The first-order chi connectivity index (χ1) is 17.4. The second kappa shape index (κ2) is 11.3. The minimum Gasteiger partial charge on any atom is -0.755 e.